The summed E-state index contributed by atoms with van der Waals surface area (Å²) in [7, 11) is -9.92. The van der Waals surface area contributed by atoms with Crippen molar-refractivity contribution in [3.63, 3.8) is 0 Å². The van der Waals surface area contributed by atoms with E-state index in [0.29, 0.717) is 37.5 Å². The summed E-state index contributed by atoms with van der Waals surface area (Å²) in [6.07, 6.45) is 55.9. The molecule has 0 spiro atoms. The first-order valence-corrected chi connectivity index (χ1v) is 44.2. The highest BCUT2D eigenvalue weighted by Gasteiger charge is 2.30. The zero-order valence-electron chi connectivity index (χ0n) is 65.1. The van der Waals surface area contributed by atoms with Gasteiger partial charge in [0, 0.05) is 25.7 Å². The molecule has 0 saturated carbocycles. The maximum Gasteiger partial charge on any atom is 0.472 e. The highest BCUT2D eigenvalue weighted by atomic mass is 31.2. The second-order valence-corrected chi connectivity index (χ2v) is 33.4. The SMILES string of the molecule is CCC(C)CCCCCCCCCCCCCCCCCCCCC(=O)O[C@H](COC(=O)CCCCCCCCC(C)C)COP(=O)(O)OC[C@H](O)COP(=O)(O)OC[C@@H](COC(=O)CCCCCCCCCCCCCCCCCC(C)C)OC(=O)CCCCCCCCCC(C)C. The maximum absolute atomic E-state index is 13.1. The molecule has 0 aliphatic rings. The second-order valence-electron chi connectivity index (χ2n) is 30.5. The second kappa shape index (κ2) is 69.1. The number of phosphoric acid groups is 2. The quantitative estimate of drug-likeness (QED) is 0.0222. The van der Waals surface area contributed by atoms with Crippen LogP contribution in [0.2, 0.25) is 0 Å². The number of phosphoric ester groups is 2. The molecule has 0 aromatic heterocycles. The number of unbranched alkanes of at least 4 members (excludes halogenated alkanes) is 42. The van der Waals surface area contributed by atoms with Gasteiger partial charge in [-0.1, -0.05) is 357 Å². The van der Waals surface area contributed by atoms with E-state index >= 15 is 0 Å². The minimum absolute atomic E-state index is 0.103. The lowest BCUT2D eigenvalue weighted by Crippen LogP contribution is -2.30. The van der Waals surface area contributed by atoms with Crippen molar-refractivity contribution in [2.24, 2.45) is 23.7 Å². The summed E-state index contributed by atoms with van der Waals surface area (Å²) in [5.41, 5.74) is 0. The smallest absolute Gasteiger partial charge is 0.462 e. The molecule has 588 valence electrons. The van der Waals surface area contributed by atoms with Crippen LogP contribution in [0.5, 0.6) is 0 Å². The molecular weight excluding hydrogens is 1290 g/mol. The molecule has 3 N–H and O–H groups in total. The third kappa shape index (κ3) is 72.8. The first-order chi connectivity index (χ1) is 47.6. The molecule has 0 aliphatic carbocycles. The van der Waals surface area contributed by atoms with Gasteiger partial charge >= 0.3 is 39.5 Å². The molecule has 0 fully saturated rings. The summed E-state index contributed by atoms with van der Waals surface area (Å²) >= 11 is 0. The molecular formula is C80H156O17P2. The van der Waals surface area contributed by atoms with Crippen molar-refractivity contribution in [3.05, 3.63) is 0 Å². The van der Waals surface area contributed by atoms with Gasteiger partial charge < -0.3 is 33.8 Å². The molecule has 6 atom stereocenters. The third-order valence-electron chi connectivity index (χ3n) is 18.9. The maximum atomic E-state index is 13.1. The normalized spacial score (nSPS) is 14.3. The fourth-order valence-electron chi connectivity index (χ4n) is 12.2. The van der Waals surface area contributed by atoms with E-state index in [-0.39, 0.29) is 25.7 Å². The highest BCUT2D eigenvalue weighted by Crippen LogP contribution is 2.45. The molecule has 19 heteroatoms. The molecule has 0 rings (SSSR count). The molecule has 0 saturated heterocycles. The van der Waals surface area contributed by atoms with Crippen molar-refractivity contribution in [1.29, 1.82) is 0 Å². The number of aliphatic hydroxyl groups is 1. The molecule has 0 amide bonds. The van der Waals surface area contributed by atoms with Gasteiger partial charge in [-0.15, -0.1) is 0 Å². The Labute approximate surface area is 607 Å². The predicted octanol–water partition coefficient (Wildman–Crippen LogP) is 23.6. The Hall–Kier alpha value is -1.94. The number of hydrogen-bond acceptors (Lipinski definition) is 15. The van der Waals surface area contributed by atoms with Crippen LogP contribution in [0, 0.1) is 23.7 Å². The van der Waals surface area contributed by atoms with Crippen molar-refractivity contribution >= 4 is 39.5 Å². The van der Waals surface area contributed by atoms with Crippen LogP contribution in [-0.2, 0) is 65.4 Å². The fourth-order valence-corrected chi connectivity index (χ4v) is 13.8. The molecule has 0 aromatic rings. The van der Waals surface area contributed by atoms with Crippen LogP contribution in [0.25, 0.3) is 0 Å². The van der Waals surface area contributed by atoms with Crippen LogP contribution in [0.1, 0.15) is 409 Å². The number of ether oxygens (including phenoxy) is 4. The first-order valence-electron chi connectivity index (χ1n) is 41.2. The number of esters is 4. The molecule has 99 heavy (non-hydrogen) atoms. The molecule has 17 nitrogen and oxygen atoms in total. The molecule has 3 unspecified atom stereocenters. The largest absolute Gasteiger partial charge is 0.472 e. The van der Waals surface area contributed by atoms with E-state index in [0.717, 1.165) is 108 Å². The van der Waals surface area contributed by atoms with Gasteiger partial charge in [0.25, 0.3) is 0 Å². The van der Waals surface area contributed by atoms with Gasteiger partial charge in [0.15, 0.2) is 12.2 Å². The van der Waals surface area contributed by atoms with Gasteiger partial charge in [-0.25, -0.2) is 9.13 Å². The van der Waals surface area contributed by atoms with Crippen molar-refractivity contribution in [3.8, 4) is 0 Å². The van der Waals surface area contributed by atoms with Crippen LogP contribution in [-0.4, -0.2) is 96.7 Å². The van der Waals surface area contributed by atoms with Gasteiger partial charge in [-0.05, 0) is 49.4 Å². The average Bonchev–Trinajstić information content (AvgIpc) is 1.19. The topological polar surface area (TPSA) is 237 Å². The van der Waals surface area contributed by atoms with E-state index in [1.54, 1.807) is 0 Å². The van der Waals surface area contributed by atoms with Crippen molar-refractivity contribution < 1.29 is 80.2 Å². The Morgan fingerprint density at radius 3 is 0.717 bits per heavy atom. The van der Waals surface area contributed by atoms with Gasteiger partial charge in [-0.3, -0.25) is 37.3 Å². The summed E-state index contributed by atoms with van der Waals surface area (Å²) in [5, 5.41) is 10.6. The summed E-state index contributed by atoms with van der Waals surface area (Å²) in [6.45, 7) is 14.2. The molecule has 0 bridgehead atoms. The van der Waals surface area contributed by atoms with E-state index in [1.807, 2.05) is 0 Å². The van der Waals surface area contributed by atoms with E-state index < -0.39 is 97.5 Å². The standard InChI is InChI=1S/C80H156O17P2/c1-9-73(8)59-51-43-34-28-24-20-16-12-10-11-13-17-22-26-30-36-46-54-62-79(84)96-76(67-91-78(83)61-53-45-39-38-42-50-58-72(6)7)69-95-99(88,89)93-65-74(81)64-92-98(86,87)94-68-75(97-80(85)63-55-47-37-31-33-41-49-57-71(4)5)66-90-77(82)60-52-44-35-29-25-21-18-14-15-19-23-27-32-40-48-56-70(2)3/h70-76,81H,9-69H2,1-8H3,(H,86,87)(H,88,89)/t73?,74-,75-,76-/m1/s1. The molecule has 0 aliphatic heterocycles. The number of rotatable bonds is 77. The Morgan fingerprint density at radius 1 is 0.283 bits per heavy atom. The zero-order chi connectivity index (χ0) is 73.1. The zero-order valence-corrected chi connectivity index (χ0v) is 66.9. The molecule has 0 heterocycles. The van der Waals surface area contributed by atoms with Gasteiger partial charge in [0.1, 0.15) is 19.3 Å². The third-order valence-corrected chi connectivity index (χ3v) is 20.8. The van der Waals surface area contributed by atoms with Gasteiger partial charge in [0.2, 0.25) is 0 Å². The predicted molar refractivity (Wildman–Crippen MR) is 404 cm³/mol. The van der Waals surface area contributed by atoms with Crippen LogP contribution in [0.15, 0.2) is 0 Å². The molecule has 0 radical (unpaired) electrons. The van der Waals surface area contributed by atoms with Crippen molar-refractivity contribution in [2.75, 3.05) is 39.6 Å². The lowest BCUT2D eigenvalue weighted by Gasteiger charge is -2.21. The summed E-state index contributed by atoms with van der Waals surface area (Å²) in [6, 6.07) is 0. The van der Waals surface area contributed by atoms with Gasteiger partial charge in [0.05, 0.1) is 26.4 Å². The summed E-state index contributed by atoms with van der Waals surface area (Å²) < 4.78 is 68.5. The van der Waals surface area contributed by atoms with E-state index in [9.17, 15) is 43.2 Å². The van der Waals surface area contributed by atoms with E-state index in [1.165, 1.54) is 205 Å². The van der Waals surface area contributed by atoms with Gasteiger partial charge in [-0.2, -0.15) is 0 Å². The Kier molecular flexibility index (Phi) is 67.8. The van der Waals surface area contributed by atoms with E-state index in [4.69, 9.17) is 37.0 Å². The average molecular weight is 1450 g/mol. The first kappa shape index (κ1) is 97.1. The highest BCUT2D eigenvalue weighted by molar-refractivity contribution is 7.47. The lowest BCUT2D eigenvalue weighted by atomic mass is 9.99. The molecule has 0 aromatic carbocycles. The lowest BCUT2D eigenvalue weighted by molar-refractivity contribution is -0.161. The van der Waals surface area contributed by atoms with Crippen molar-refractivity contribution in [2.45, 2.75) is 427 Å². The van der Waals surface area contributed by atoms with Crippen LogP contribution in [0.3, 0.4) is 0 Å². The number of carbonyl (C=O) groups excluding carboxylic acids is 4. The van der Waals surface area contributed by atoms with Crippen LogP contribution < -0.4 is 0 Å². The van der Waals surface area contributed by atoms with E-state index in [2.05, 4.69) is 55.4 Å². The number of carbonyl (C=O) groups is 4. The Balaban J connectivity index is 5.11. The summed E-state index contributed by atoms with van der Waals surface area (Å²) in [5.74, 6) is 0.931. The Morgan fingerprint density at radius 2 is 0.485 bits per heavy atom. The Bertz CT molecular complexity index is 1940. The van der Waals surface area contributed by atoms with Crippen molar-refractivity contribution in [1.82, 2.24) is 0 Å². The minimum atomic E-state index is -4.96. The van der Waals surface area contributed by atoms with Crippen LogP contribution in [0.4, 0.5) is 0 Å². The number of aliphatic hydroxyl groups excluding tert-OH is 1. The van der Waals surface area contributed by atoms with Crippen LogP contribution >= 0.6 is 15.6 Å². The fraction of sp³-hybridized carbons (Fsp3) is 0.950. The number of hydrogen-bond donors (Lipinski definition) is 3. The summed E-state index contributed by atoms with van der Waals surface area (Å²) in [4.78, 5) is 72.8. The monoisotopic (exact) mass is 1450 g/mol. The minimum Gasteiger partial charge on any atom is -0.462 e.